The average molecular weight is 677 g/mol. The molecule has 2 aliphatic rings. The van der Waals surface area contributed by atoms with Crippen LogP contribution in [-0.4, -0.2) is 85.8 Å². The van der Waals surface area contributed by atoms with E-state index in [0.717, 1.165) is 0 Å². The number of pyridine rings is 1. The van der Waals surface area contributed by atoms with Gasteiger partial charge in [0.05, 0.1) is 28.7 Å². The molecule has 1 fully saturated rings. The predicted octanol–water partition coefficient (Wildman–Crippen LogP) is 2.50. The third-order valence-corrected chi connectivity index (χ3v) is 8.36. The van der Waals surface area contributed by atoms with Gasteiger partial charge in [0.15, 0.2) is 5.78 Å². The third kappa shape index (κ3) is 6.25. The maximum absolute atomic E-state index is 14.4. The molecule has 1 aliphatic carbocycles. The number of aromatic hydroxyl groups is 1. The second kappa shape index (κ2) is 13.0. The molecule has 256 valence electrons. The lowest BCUT2D eigenvalue weighted by Gasteiger charge is -2.35. The normalized spacial score (nSPS) is 21.4. The quantitative estimate of drug-likeness (QED) is 0.163. The molecule has 0 saturated carbocycles. The number of hydrogen-bond acceptors (Lipinski definition) is 10. The van der Waals surface area contributed by atoms with Crippen LogP contribution in [0, 0.1) is 6.92 Å². The van der Waals surface area contributed by atoms with E-state index < -0.39 is 95.8 Å². The standard InChI is InChI=1S/C32H31F3N2O11/c1-13-10-16-22(18(38)11-13)24-25(37(29(16)43)17(30(44)45)7-3-4-9-36-31(46)32(33,34)35)28(42)23-15(27(24)41)6-5-8-20(23)48-21-12-19(39)26(40)14(2)47-21/h5-6,8,10-11,14,17,19,21,26,38-40H,3-4,7,9,12H2,1-2H3,(H,36,46)(H,44,45). The Bertz CT molecular complexity index is 1880. The summed E-state index contributed by atoms with van der Waals surface area (Å²) in [5, 5.41) is 42.6. The number of aliphatic hydroxyl groups is 2. The van der Waals surface area contributed by atoms with E-state index >= 15 is 0 Å². The molecule has 0 bridgehead atoms. The van der Waals surface area contributed by atoms with Gasteiger partial charge < -0.3 is 35.2 Å². The molecule has 1 saturated heterocycles. The number of aromatic nitrogens is 1. The van der Waals surface area contributed by atoms with Crippen LogP contribution in [0.2, 0.25) is 0 Å². The Kier molecular flexibility index (Phi) is 9.36. The Hall–Kier alpha value is -4.80. The maximum Gasteiger partial charge on any atom is 0.471 e. The number of fused-ring (bicyclic) bond motifs is 4. The fourth-order valence-electron chi connectivity index (χ4n) is 6.09. The van der Waals surface area contributed by atoms with Crippen LogP contribution in [0.4, 0.5) is 13.2 Å². The Morgan fingerprint density at radius 2 is 1.81 bits per heavy atom. The molecule has 5 rings (SSSR count). The summed E-state index contributed by atoms with van der Waals surface area (Å²) in [5.74, 6) is -6.31. The number of aliphatic hydroxyl groups excluding tert-OH is 2. The first-order chi connectivity index (χ1) is 22.5. The summed E-state index contributed by atoms with van der Waals surface area (Å²) < 4.78 is 49.8. The summed E-state index contributed by atoms with van der Waals surface area (Å²) in [7, 11) is 0. The van der Waals surface area contributed by atoms with Gasteiger partial charge in [-0.2, -0.15) is 13.2 Å². The van der Waals surface area contributed by atoms with Gasteiger partial charge in [-0.1, -0.05) is 12.1 Å². The van der Waals surface area contributed by atoms with Gasteiger partial charge in [-0.05, 0) is 56.9 Å². The lowest BCUT2D eigenvalue weighted by Crippen LogP contribution is -2.48. The summed E-state index contributed by atoms with van der Waals surface area (Å²) in [6, 6.07) is 4.83. The summed E-state index contributed by atoms with van der Waals surface area (Å²) in [5.41, 5.74) is -2.24. The average Bonchev–Trinajstić information content (AvgIpc) is 3.00. The number of amides is 1. The zero-order chi connectivity index (χ0) is 35.2. The van der Waals surface area contributed by atoms with Crippen LogP contribution >= 0.6 is 0 Å². The molecule has 5 unspecified atom stereocenters. The van der Waals surface area contributed by atoms with Crippen molar-refractivity contribution in [3.63, 3.8) is 0 Å². The molecule has 3 aromatic rings. The molecule has 5 atom stereocenters. The van der Waals surface area contributed by atoms with E-state index in [-0.39, 0.29) is 46.9 Å². The van der Waals surface area contributed by atoms with Gasteiger partial charge in [0.25, 0.3) is 5.56 Å². The fraction of sp³-hybridized carbons (Fsp3) is 0.406. The van der Waals surface area contributed by atoms with Crippen LogP contribution in [0.1, 0.15) is 76.2 Å². The molecule has 0 spiro atoms. The Labute approximate surface area is 269 Å². The number of nitrogens with zero attached hydrogens (tertiary/aromatic N) is 1. The first-order valence-corrected chi connectivity index (χ1v) is 14.9. The van der Waals surface area contributed by atoms with Gasteiger partial charge >= 0.3 is 18.1 Å². The number of carbonyl (C=O) groups excluding carboxylic acids is 3. The lowest BCUT2D eigenvalue weighted by molar-refractivity contribution is -0.216. The Morgan fingerprint density at radius 3 is 2.46 bits per heavy atom. The highest BCUT2D eigenvalue weighted by Crippen LogP contribution is 2.40. The number of aryl methyl sites for hydroxylation is 1. The highest BCUT2D eigenvalue weighted by molar-refractivity contribution is 6.32. The van der Waals surface area contributed by atoms with Gasteiger partial charge in [0, 0.05) is 23.9 Å². The van der Waals surface area contributed by atoms with Gasteiger partial charge in [-0.15, -0.1) is 0 Å². The number of rotatable bonds is 9. The largest absolute Gasteiger partial charge is 0.507 e. The molecular formula is C32H31F3N2O11. The number of carbonyl (C=O) groups is 4. The summed E-state index contributed by atoms with van der Waals surface area (Å²) in [6.45, 7) is 2.58. The van der Waals surface area contributed by atoms with Crippen LogP contribution in [-0.2, 0) is 14.3 Å². The topological polar surface area (TPSA) is 202 Å². The lowest BCUT2D eigenvalue weighted by atomic mass is 9.83. The van der Waals surface area contributed by atoms with Crippen molar-refractivity contribution < 1.29 is 62.2 Å². The molecule has 1 aliphatic heterocycles. The zero-order valence-electron chi connectivity index (χ0n) is 25.5. The highest BCUT2D eigenvalue weighted by atomic mass is 19.4. The number of ether oxygens (including phenoxy) is 2. The number of carboxylic acid groups (broad SMARTS) is 1. The number of benzene rings is 2. The SMILES string of the molecule is Cc1cc(O)c2c3c(n(C(CCCCNC(=O)C(F)(F)F)C(=O)O)c(=O)c2c1)C(=O)c1c(OC2CC(O)C(O)C(C)O2)cccc1C3=O. The number of halogens is 3. The molecule has 1 aromatic heterocycles. The molecule has 5 N–H and O–H groups in total. The molecular weight excluding hydrogens is 645 g/mol. The van der Waals surface area contributed by atoms with E-state index in [1.165, 1.54) is 37.3 Å². The van der Waals surface area contributed by atoms with E-state index in [1.807, 2.05) is 0 Å². The Morgan fingerprint density at radius 1 is 1.10 bits per heavy atom. The minimum Gasteiger partial charge on any atom is -0.507 e. The number of aliphatic carboxylic acids is 1. The van der Waals surface area contributed by atoms with Crippen molar-refractivity contribution in [1.29, 1.82) is 0 Å². The summed E-state index contributed by atoms with van der Waals surface area (Å²) in [4.78, 5) is 66.4. The number of hydrogen-bond donors (Lipinski definition) is 5. The van der Waals surface area contributed by atoms with E-state index in [0.29, 0.717) is 10.1 Å². The third-order valence-electron chi connectivity index (χ3n) is 8.36. The molecule has 13 nitrogen and oxygen atoms in total. The number of alkyl halides is 3. The molecule has 0 radical (unpaired) electrons. The zero-order valence-corrected chi connectivity index (χ0v) is 25.5. The minimum atomic E-state index is -5.11. The second-order valence-electron chi connectivity index (χ2n) is 11.7. The fourth-order valence-corrected chi connectivity index (χ4v) is 6.09. The van der Waals surface area contributed by atoms with E-state index in [1.54, 1.807) is 12.2 Å². The molecule has 1 amide bonds. The number of carboxylic acids is 1. The van der Waals surface area contributed by atoms with Crippen LogP contribution in [0.5, 0.6) is 11.5 Å². The molecule has 2 aromatic carbocycles. The molecule has 2 heterocycles. The summed E-state index contributed by atoms with van der Waals surface area (Å²) >= 11 is 0. The van der Waals surface area contributed by atoms with E-state index in [4.69, 9.17) is 9.47 Å². The Balaban J connectivity index is 1.61. The van der Waals surface area contributed by atoms with Gasteiger partial charge in [-0.3, -0.25) is 23.7 Å². The van der Waals surface area contributed by atoms with Crippen molar-refractivity contribution in [3.05, 3.63) is 68.6 Å². The minimum absolute atomic E-state index is 0.119. The van der Waals surface area contributed by atoms with E-state index in [2.05, 4.69) is 0 Å². The monoisotopic (exact) mass is 676 g/mol. The van der Waals surface area contributed by atoms with Crippen molar-refractivity contribution in [1.82, 2.24) is 9.88 Å². The van der Waals surface area contributed by atoms with Crippen LogP contribution in [0.25, 0.3) is 10.8 Å². The number of ketones is 2. The van der Waals surface area contributed by atoms with Crippen LogP contribution in [0.15, 0.2) is 35.1 Å². The first kappa shape index (κ1) is 34.5. The van der Waals surface area contributed by atoms with Crippen molar-refractivity contribution >= 4 is 34.2 Å². The van der Waals surface area contributed by atoms with Gasteiger partial charge in [0.1, 0.15) is 29.3 Å². The number of phenols is 1. The smallest absolute Gasteiger partial charge is 0.471 e. The number of nitrogens with one attached hydrogen (secondary N) is 1. The van der Waals surface area contributed by atoms with Gasteiger partial charge in [-0.25, -0.2) is 4.79 Å². The van der Waals surface area contributed by atoms with Crippen molar-refractivity contribution in [3.8, 4) is 11.5 Å². The van der Waals surface area contributed by atoms with E-state index in [9.17, 15) is 57.6 Å². The number of phenolic OH excluding ortho intramolecular Hbond substituents is 1. The molecule has 48 heavy (non-hydrogen) atoms. The van der Waals surface area contributed by atoms with Crippen molar-refractivity contribution in [2.45, 2.75) is 76.4 Å². The predicted molar refractivity (Wildman–Crippen MR) is 159 cm³/mol. The molecule has 16 heteroatoms. The van der Waals surface area contributed by atoms with Crippen molar-refractivity contribution in [2.75, 3.05) is 6.54 Å². The van der Waals surface area contributed by atoms with Gasteiger partial charge in [0.2, 0.25) is 12.1 Å². The number of unbranched alkanes of at least 4 members (excludes halogenated alkanes) is 1. The summed E-state index contributed by atoms with van der Waals surface area (Å²) in [6.07, 6.45) is -10.4. The van der Waals surface area contributed by atoms with Crippen molar-refractivity contribution in [2.24, 2.45) is 0 Å². The first-order valence-electron chi connectivity index (χ1n) is 14.9. The maximum atomic E-state index is 14.4. The highest BCUT2D eigenvalue weighted by Gasteiger charge is 2.42. The van der Waals surface area contributed by atoms with Crippen LogP contribution in [0.3, 0.4) is 0 Å². The second-order valence-corrected chi connectivity index (χ2v) is 11.7. The van der Waals surface area contributed by atoms with Crippen LogP contribution < -0.4 is 15.6 Å².